The topological polar surface area (TPSA) is 95.1 Å². The Bertz CT molecular complexity index is 1350. The maximum atomic E-state index is 13.8. The molecule has 0 aliphatic carbocycles. The molecule has 35 heavy (non-hydrogen) atoms. The van der Waals surface area contributed by atoms with Gasteiger partial charge in [-0.3, -0.25) is 9.59 Å². The van der Waals surface area contributed by atoms with Gasteiger partial charge in [-0.05, 0) is 41.5 Å². The Balaban J connectivity index is 1.55. The number of halogens is 3. The van der Waals surface area contributed by atoms with Gasteiger partial charge in [0.1, 0.15) is 5.82 Å². The SMILES string of the molecule is O=C(O)CCC(=O)Nc1ccc(-c2ncc(-c3ccc(-c4ccccc4)c(C(F)(F)F)c3)[nH]2)cc1. The van der Waals surface area contributed by atoms with E-state index in [4.69, 9.17) is 5.11 Å². The van der Waals surface area contributed by atoms with Crippen LogP contribution in [0.2, 0.25) is 0 Å². The van der Waals surface area contributed by atoms with Gasteiger partial charge in [-0.1, -0.05) is 42.5 Å². The number of aromatic amines is 1. The molecule has 0 unspecified atom stereocenters. The predicted octanol–water partition coefficient (Wildman–Crippen LogP) is 6.23. The monoisotopic (exact) mass is 479 g/mol. The number of hydrogen-bond donors (Lipinski definition) is 3. The van der Waals surface area contributed by atoms with E-state index in [-0.39, 0.29) is 18.4 Å². The summed E-state index contributed by atoms with van der Waals surface area (Å²) in [7, 11) is 0. The van der Waals surface area contributed by atoms with E-state index < -0.39 is 23.6 Å². The summed E-state index contributed by atoms with van der Waals surface area (Å²) in [6.07, 6.45) is -3.47. The molecular weight excluding hydrogens is 459 g/mol. The highest BCUT2D eigenvalue weighted by Gasteiger charge is 2.34. The zero-order valence-electron chi connectivity index (χ0n) is 18.3. The van der Waals surface area contributed by atoms with Crippen LogP contribution >= 0.6 is 0 Å². The summed E-state index contributed by atoms with van der Waals surface area (Å²) in [5.74, 6) is -1.02. The molecule has 3 N–H and O–H groups in total. The predicted molar refractivity (Wildman–Crippen MR) is 125 cm³/mol. The van der Waals surface area contributed by atoms with Crippen LogP contribution in [0, 0.1) is 0 Å². The van der Waals surface area contributed by atoms with Crippen molar-refractivity contribution in [1.29, 1.82) is 0 Å². The second-order valence-electron chi connectivity index (χ2n) is 7.79. The number of carbonyl (C=O) groups is 2. The second kappa shape index (κ2) is 9.84. The van der Waals surface area contributed by atoms with E-state index in [1.165, 1.54) is 12.3 Å². The van der Waals surface area contributed by atoms with Crippen LogP contribution in [0.4, 0.5) is 18.9 Å². The summed E-state index contributed by atoms with van der Waals surface area (Å²) in [5, 5.41) is 11.3. The van der Waals surface area contributed by atoms with Gasteiger partial charge in [0.25, 0.3) is 0 Å². The summed E-state index contributed by atoms with van der Waals surface area (Å²) in [6.45, 7) is 0. The van der Waals surface area contributed by atoms with Crippen LogP contribution in [0.5, 0.6) is 0 Å². The van der Waals surface area contributed by atoms with Crippen molar-refractivity contribution >= 4 is 17.6 Å². The number of aromatic nitrogens is 2. The zero-order valence-corrected chi connectivity index (χ0v) is 18.3. The lowest BCUT2D eigenvalue weighted by atomic mass is 9.96. The third kappa shape index (κ3) is 5.75. The van der Waals surface area contributed by atoms with Crippen molar-refractivity contribution in [3.8, 4) is 33.8 Å². The highest BCUT2D eigenvalue weighted by molar-refractivity contribution is 5.92. The van der Waals surface area contributed by atoms with Crippen molar-refractivity contribution in [3.05, 3.63) is 84.6 Å². The molecule has 0 radical (unpaired) electrons. The van der Waals surface area contributed by atoms with Crippen LogP contribution in [-0.4, -0.2) is 27.0 Å². The summed E-state index contributed by atoms with van der Waals surface area (Å²) in [6, 6.07) is 19.2. The first-order chi connectivity index (χ1) is 16.7. The van der Waals surface area contributed by atoms with Crippen molar-refractivity contribution < 1.29 is 27.9 Å². The summed E-state index contributed by atoms with van der Waals surface area (Å²) < 4.78 is 41.5. The van der Waals surface area contributed by atoms with Crippen LogP contribution in [0.1, 0.15) is 18.4 Å². The molecule has 0 saturated heterocycles. The van der Waals surface area contributed by atoms with Crippen molar-refractivity contribution in [1.82, 2.24) is 9.97 Å². The van der Waals surface area contributed by atoms with Gasteiger partial charge in [-0.2, -0.15) is 13.2 Å². The lowest BCUT2D eigenvalue weighted by Crippen LogP contribution is -2.13. The lowest BCUT2D eigenvalue weighted by molar-refractivity contribution is -0.138. The van der Waals surface area contributed by atoms with Crippen molar-refractivity contribution in [3.63, 3.8) is 0 Å². The van der Waals surface area contributed by atoms with Crippen LogP contribution in [0.15, 0.2) is 79.0 Å². The van der Waals surface area contributed by atoms with E-state index in [1.807, 2.05) is 0 Å². The molecule has 0 aliphatic rings. The number of aliphatic carboxylic acids is 1. The van der Waals surface area contributed by atoms with Gasteiger partial charge < -0.3 is 15.4 Å². The first-order valence-electron chi connectivity index (χ1n) is 10.6. The number of nitrogens with zero attached hydrogens (tertiary/aromatic N) is 1. The number of rotatable bonds is 7. The van der Waals surface area contributed by atoms with Gasteiger partial charge in [0.05, 0.1) is 23.9 Å². The third-order valence-corrected chi connectivity index (χ3v) is 5.30. The number of hydrogen-bond acceptors (Lipinski definition) is 3. The fraction of sp³-hybridized carbons (Fsp3) is 0.115. The molecule has 0 atom stereocenters. The molecule has 0 saturated carbocycles. The van der Waals surface area contributed by atoms with Crippen LogP contribution in [0.3, 0.4) is 0 Å². The number of nitrogens with one attached hydrogen (secondary N) is 2. The number of anilines is 1. The molecule has 1 aromatic heterocycles. The lowest BCUT2D eigenvalue weighted by Gasteiger charge is -2.14. The summed E-state index contributed by atoms with van der Waals surface area (Å²) >= 11 is 0. The van der Waals surface area contributed by atoms with Crippen LogP contribution in [0.25, 0.3) is 33.8 Å². The van der Waals surface area contributed by atoms with E-state index in [0.717, 1.165) is 6.07 Å². The molecule has 0 fully saturated rings. The summed E-state index contributed by atoms with van der Waals surface area (Å²) in [5.41, 5.74) is 1.77. The number of carbonyl (C=O) groups excluding carboxylic acids is 1. The smallest absolute Gasteiger partial charge is 0.417 e. The first kappa shape index (κ1) is 23.7. The van der Waals surface area contributed by atoms with Crippen LogP contribution < -0.4 is 5.32 Å². The molecule has 178 valence electrons. The maximum Gasteiger partial charge on any atom is 0.417 e. The number of carboxylic acid groups (broad SMARTS) is 1. The van der Waals surface area contributed by atoms with Crippen molar-refractivity contribution in [2.24, 2.45) is 0 Å². The molecule has 0 spiro atoms. The van der Waals surface area contributed by atoms with Crippen molar-refractivity contribution in [2.45, 2.75) is 19.0 Å². The molecule has 0 aliphatic heterocycles. The molecule has 0 bridgehead atoms. The number of benzene rings is 3. The maximum absolute atomic E-state index is 13.8. The standard InChI is InChI=1S/C26H20F3N3O3/c27-26(28,29)21-14-18(8-11-20(21)16-4-2-1-3-5-16)22-15-30-25(32-22)17-6-9-19(10-7-17)31-23(33)12-13-24(34)35/h1-11,14-15H,12-13H2,(H,30,32)(H,31,33)(H,34,35). The van der Waals surface area contributed by atoms with E-state index in [9.17, 15) is 22.8 Å². The average molecular weight is 479 g/mol. The minimum atomic E-state index is -4.53. The Labute approximate surface area is 198 Å². The van der Waals surface area contributed by atoms with Crippen LogP contribution in [-0.2, 0) is 15.8 Å². The van der Waals surface area contributed by atoms with E-state index in [2.05, 4.69) is 15.3 Å². The second-order valence-corrected chi connectivity index (χ2v) is 7.79. The molecule has 6 nitrogen and oxygen atoms in total. The number of alkyl halides is 3. The molecule has 4 rings (SSSR count). The number of H-pyrrole nitrogens is 1. The fourth-order valence-corrected chi connectivity index (χ4v) is 3.59. The van der Waals surface area contributed by atoms with Gasteiger partial charge in [0.2, 0.25) is 5.91 Å². The number of amides is 1. The quantitative estimate of drug-likeness (QED) is 0.293. The van der Waals surface area contributed by atoms with E-state index in [0.29, 0.717) is 33.9 Å². The van der Waals surface area contributed by atoms with Gasteiger partial charge in [-0.15, -0.1) is 0 Å². The fourth-order valence-electron chi connectivity index (χ4n) is 3.59. The highest BCUT2D eigenvalue weighted by Crippen LogP contribution is 2.39. The van der Waals surface area contributed by atoms with Gasteiger partial charge in [0.15, 0.2) is 0 Å². The molecule has 9 heteroatoms. The summed E-state index contributed by atoms with van der Waals surface area (Å²) in [4.78, 5) is 29.7. The minimum absolute atomic E-state index is 0.0996. The largest absolute Gasteiger partial charge is 0.481 e. The third-order valence-electron chi connectivity index (χ3n) is 5.30. The Morgan fingerprint density at radius 1 is 0.886 bits per heavy atom. The Morgan fingerprint density at radius 3 is 2.23 bits per heavy atom. The Morgan fingerprint density at radius 2 is 1.57 bits per heavy atom. The molecule has 4 aromatic rings. The number of imidazole rings is 1. The average Bonchev–Trinajstić information content (AvgIpc) is 3.33. The minimum Gasteiger partial charge on any atom is -0.481 e. The van der Waals surface area contributed by atoms with E-state index >= 15 is 0 Å². The Hall–Kier alpha value is -4.40. The molecule has 1 heterocycles. The van der Waals surface area contributed by atoms with E-state index in [1.54, 1.807) is 60.7 Å². The molecule has 1 amide bonds. The Kier molecular flexibility index (Phi) is 6.68. The van der Waals surface area contributed by atoms with Gasteiger partial charge >= 0.3 is 12.1 Å². The molecule has 3 aromatic carbocycles. The number of carboxylic acids is 1. The van der Waals surface area contributed by atoms with Gasteiger partial charge in [0, 0.05) is 23.2 Å². The highest BCUT2D eigenvalue weighted by atomic mass is 19.4. The van der Waals surface area contributed by atoms with Crippen molar-refractivity contribution in [2.75, 3.05) is 5.32 Å². The first-order valence-corrected chi connectivity index (χ1v) is 10.6. The molecular formula is C26H20F3N3O3. The normalized spacial score (nSPS) is 11.3. The zero-order chi connectivity index (χ0) is 25.0. The van der Waals surface area contributed by atoms with Gasteiger partial charge in [-0.25, -0.2) is 4.98 Å².